The van der Waals surface area contributed by atoms with Crippen molar-refractivity contribution in [2.75, 3.05) is 17.2 Å². The Bertz CT molecular complexity index is 893. The average molecular weight is 418 g/mol. The lowest BCUT2D eigenvalue weighted by molar-refractivity contribution is -0.116. The van der Waals surface area contributed by atoms with E-state index in [2.05, 4.69) is 16.0 Å². The maximum atomic E-state index is 12.5. The lowest BCUT2D eigenvalue weighted by atomic mass is 10.2. The SMILES string of the molecule is CC(C)(C)OC(=O)NCCC(=O)Nc1ccccc1NC(=O)c1ccccc1Cl. The Kier molecular flexibility index (Phi) is 7.61. The summed E-state index contributed by atoms with van der Waals surface area (Å²) < 4.78 is 5.11. The Hall–Kier alpha value is -3.06. The van der Waals surface area contributed by atoms with Gasteiger partial charge in [0.25, 0.3) is 5.91 Å². The predicted octanol–water partition coefficient (Wildman–Crippen LogP) is 4.45. The lowest BCUT2D eigenvalue weighted by Crippen LogP contribution is -2.34. The first kappa shape index (κ1) is 22.2. The molecular formula is C21H24ClN3O4. The number of para-hydroxylation sites is 2. The second kappa shape index (κ2) is 9.93. The van der Waals surface area contributed by atoms with E-state index in [0.29, 0.717) is 22.0 Å². The van der Waals surface area contributed by atoms with E-state index >= 15 is 0 Å². The Morgan fingerprint density at radius 3 is 2.14 bits per heavy atom. The number of rotatable bonds is 6. The van der Waals surface area contributed by atoms with Gasteiger partial charge in [0.05, 0.1) is 22.0 Å². The topological polar surface area (TPSA) is 96.5 Å². The van der Waals surface area contributed by atoms with Gasteiger partial charge in [0.15, 0.2) is 0 Å². The normalized spacial score (nSPS) is 10.8. The summed E-state index contributed by atoms with van der Waals surface area (Å²) in [6.45, 7) is 5.39. The Labute approximate surface area is 174 Å². The first-order chi connectivity index (χ1) is 13.7. The smallest absolute Gasteiger partial charge is 0.407 e. The van der Waals surface area contributed by atoms with E-state index in [1.165, 1.54) is 0 Å². The van der Waals surface area contributed by atoms with Gasteiger partial charge in [0.1, 0.15) is 5.60 Å². The van der Waals surface area contributed by atoms with E-state index in [0.717, 1.165) is 0 Å². The molecule has 0 saturated carbocycles. The van der Waals surface area contributed by atoms with E-state index in [9.17, 15) is 14.4 Å². The Morgan fingerprint density at radius 2 is 1.52 bits per heavy atom. The van der Waals surface area contributed by atoms with Crippen LogP contribution in [0.5, 0.6) is 0 Å². The van der Waals surface area contributed by atoms with Gasteiger partial charge in [0, 0.05) is 13.0 Å². The van der Waals surface area contributed by atoms with Gasteiger partial charge in [0.2, 0.25) is 5.91 Å². The maximum Gasteiger partial charge on any atom is 0.407 e. The van der Waals surface area contributed by atoms with Gasteiger partial charge in [-0.15, -0.1) is 0 Å². The number of alkyl carbamates (subject to hydrolysis) is 1. The molecule has 7 nitrogen and oxygen atoms in total. The third-order valence-electron chi connectivity index (χ3n) is 3.59. The fourth-order valence-corrected chi connectivity index (χ4v) is 2.56. The van der Waals surface area contributed by atoms with Crippen LogP contribution in [-0.2, 0) is 9.53 Å². The quantitative estimate of drug-likeness (QED) is 0.647. The van der Waals surface area contributed by atoms with Crippen LogP contribution >= 0.6 is 11.6 Å². The number of ether oxygens (including phenoxy) is 1. The van der Waals surface area contributed by atoms with E-state index < -0.39 is 11.7 Å². The van der Waals surface area contributed by atoms with Crippen LogP contribution in [0.3, 0.4) is 0 Å². The van der Waals surface area contributed by atoms with Gasteiger partial charge >= 0.3 is 6.09 Å². The second-order valence-electron chi connectivity index (χ2n) is 7.21. The molecule has 3 amide bonds. The van der Waals surface area contributed by atoms with E-state index in [1.807, 2.05) is 0 Å². The minimum absolute atomic E-state index is 0.0477. The molecule has 2 aromatic rings. The predicted molar refractivity (Wildman–Crippen MR) is 113 cm³/mol. The van der Waals surface area contributed by atoms with Crippen molar-refractivity contribution in [3.8, 4) is 0 Å². The maximum absolute atomic E-state index is 12.5. The van der Waals surface area contributed by atoms with Crippen molar-refractivity contribution in [2.24, 2.45) is 0 Å². The molecule has 2 rings (SSSR count). The van der Waals surface area contributed by atoms with Gasteiger partial charge in [-0.3, -0.25) is 9.59 Å². The van der Waals surface area contributed by atoms with Gasteiger partial charge in [-0.05, 0) is 45.0 Å². The third-order valence-corrected chi connectivity index (χ3v) is 3.92. The van der Waals surface area contributed by atoms with Crippen LogP contribution in [0.2, 0.25) is 5.02 Å². The molecule has 0 saturated heterocycles. The molecule has 0 heterocycles. The lowest BCUT2D eigenvalue weighted by Gasteiger charge is -2.19. The van der Waals surface area contributed by atoms with Crippen molar-refractivity contribution in [3.05, 3.63) is 59.1 Å². The summed E-state index contributed by atoms with van der Waals surface area (Å²) >= 11 is 6.06. The van der Waals surface area contributed by atoms with Crippen LogP contribution in [0.4, 0.5) is 16.2 Å². The number of hydrogen-bond acceptors (Lipinski definition) is 4. The molecule has 0 bridgehead atoms. The van der Waals surface area contributed by atoms with Crippen molar-refractivity contribution in [1.29, 1.82) is 0 Å². The zero-order chi connectivity index (χ0) is 21.4. The molecule has 0 atom stereocenters. The number of hydrogen-bond donors (Lipinski definition) is 3. The first-order valence-corrected chi connectivity index (χ1v) is 9.45. The average Bonchev–Trinajstić information content (AvgIpc) is 2.62. The highest BCUT2D eigenvalue weighted by Crippen LogP contribution is 2.23. The highest BCUT2D eigenvalue weighted by molar-refractivity contribution is 6.34. The standard InChI is InChI=1S/C21H24ClN3O4/c1-21(2,3)29-20(28)23-13-12-18(26)24-16-10-6-7-11-17(16)25-19(27)14-8-4-5-9-15(14)22/h4-11H,12-13H2,1-3H3,(H,23,28)(H,24,26)(H,25,27). The van der Waals surface area contributed by atoms with Crippen LogP contribution in [0.1, 0.15) is 37.6 Å². The molecule has 0 aliphatic carbocycles. The molecular weight excluding hydrogens is 394 g/mol. The van der Waals surface area contributed by atoms with Gasteiger partial charge in [-0.2, -0.15) is 0 Å². The fourth-order valence-electron chi connectivity index (χ4n) is 2.34. The van der Waals surface area contributed by atoms with Crippen molar-refractivity contribution in [1.82, 2.24) is 5.32 Å². The van der Waals surface area contributed by atoms with Crippen molar-refractivity contribution in [2.45, 2.75) is 32.8 Å². The van der Waals surface area contributed by atoms with Gasteiger partial charge in [-0.1, -0.05) is 35.9 Å². The number of anilines is 2. The molecule has 29 heavy (non-hydrogen) atoms. The van der Waals surface area contributed by atoms with Gasteiger partial charge in [-0.25, -0.2) is 4.79 Å². The largest absolute Gasteiger partial charge is 0.444 e. The molecule has 2 aromatic carbocycles. The van der Waals surface area contributed by atoms with E-state index in [4.69, 9.17) is 16.3 Å². The molecule has 0 aliphatic heterocycles. The molecule has 154 valence electrons. The highest BCUT2D eigenvalue weighted by atomic mass is 35.5. The van der Waals surface area contributed by atoms with E-state index in [1.54, 1.807) is 69.3 Å². The summed E-state index contributed by atoms with van der Waals surface area (Å²) in [4.78, 5) is 36.3. The van der Waals surface area contributed by atoms with Crippen molar-refractivity contribution in [3.63, 3.8) is 0 Å². The monoisotopic (exact) mass is 417 g/mol. The summed E-state index contributed by atoms with van der Waals surface area (Å²) in [6, 6.07) is 13.5. The van der Waals surface area contributed by atoms with Crippen LogP contribution in [0, 0.1) is 0 Å². The Balaban J connectivity index is 1.93. The van der Waals surface area contributed by atoms with Crippen LogP contribution in [-0.4, -0.2) is 30.1 Å². The summed E-state index contributed by atoms with van der Waals surface area (Å²) in [6.07, 6.45) is -0.538. The minimum atomic E-state index is -0.606. The zero-order valence-electron chi connectivity index (χ0n) is 16.5. The zero-order valence-corrected chi connectivity index (χ0v) is 17.3. The fraction of sp³-hybridized carbons (Fsp3) is 0.286. The number of benzene rings is 2. The molecule has 8 heteroatoms. The molecule has 0 fully saturated rings. The number of carbonyl (C=O) groups is 3. The number of halogens is 1. The minimum Gasteiger partial charge on any atom is -0.444 e. The number of carbonyl (C=O) groups excluding carboxylic acids is 3. The van der Waals surface area contributed by atoms with E-state index in [-0.39, 0.29) is 24.8 Å². The number of nitrogens with one attached hydrogen (secondary N) is 3. The Morgan fingerprint density at radius 1 is 0.931 bits per heavy atom. The van der Waals surface area contributed by atoms with Crippen LogP contribution < -0.4 is 16.0 Å². The molecule has 0 aromatic heterocycles. The number of amides is 3. The molecule has 3 N–H and O–H groups in total. The van der Waals surface area contributed by atoms with Crippen LogP contribution in [0.15, 0.2) is 48.5 Å². The molecule has 0 radical (unpaired) electrons. The summed E-state index contributed by atoms with van der Waals surface area (Å²) in [5.74, 6) is -0.704. The highest BCUT2D eigenvalue weighted by Gasteiger charge is 2.16. The first-order valence-electron chi connectivity index (χ1n) is 9.07. The third kappa shape index (κ3) is 7.46. The van der Waals surface area contributed by atoms with Crippen molar-refractivity contribution < 1.29 is 19.1 Å². The second-order valence-corrected chi connectivity index (χ2v) is 7.61. The molecule has 0 aliphatic rings. The summed E-state index contributed by atoms with van der Waals surface area (Å²) in [5, 5.41) is 8.33. The van der Waals surface area contributed by atoms with Crippen molar-refractivity contribution >= 4 is 40.9 Å². The van der Waals surface area contributed by atoms with Gasteiger partial charge < -0.3 is 20.7 Å². The summed E-state index contributed by atoms with van der Waals surface area (Å²) in [7, 11) is 0. The molecule has 0 unspecified atom stereocenters. The van der Waals surface area contributed by atoms with Crippen LogP contribution in [0.25, 0.3) is 0 Å². The molecule has 0 spiro atoms. The summed E-state index contributed by atoms with van der Waals surface area (Å²) in [5.41, 5.74) is 0.600.